The molecule has 0 aliphatic heterocycles. The van der Waals surface area contributed by atoms with E-state index in [0.717, 1.165) is 31.6 Å². The molecule has 0 aromatic carbocycles. The van der Waals surface area contributed by atoms with Crippen LogP contribution in [0.5, 0.6) is 0 Å². The third-order valence-electron chi connectivity index (χ3n) is 5.62. The molecule has 0 amide bonds. The third-order valence-corrected chi connectivity index (χ3v) is 5.62. The lowest BCUT2D eigenvalue weighted by Crippen LogP contribution is -2.53. The van der Waals surface area contributed by atoms with Gasteiger partial charge in [0, 0.05) is 25.2 Å². The maximum absolute atomic E-state index is 5.82. The van der Waals surface area contributed by atoms with Gasteiger partial charge in [0.25, 0.3) is 0 Å². The van der Waals surface area contributed by atoms with Crippen molar-refractivity contribution >= 4 is 0 Å². The number of ether oxygens (including phenoxy) is 1. The van der Waals surface area contributed by atoms with Crippen LogP contribution in [0.1, 0.15) is 52.9 Å². The van der Waals surface area contributed by atoms with E-state index in [4.69, 9.17) is 4.74 Å². The summed E-state index contributed by atoms with van der Waals surface area (Å²) in [6, 6.07) is 1.29. The van der Waals surface area contributed by atoms with Gasteiger partial charge in [-0.3, -0.25) is 4.90 Å². The van der Waals surface area contributed by atoms with Crippen molar-refractivity contribution < 1.29 is 4.74 Å². The molecule has 1 N–H and O–H groups in total. The van der Waals surface area contributed by atoms with Crippen LogP contribution in [0, 0.1) is 17.3 Å². The summed E-state index contributed by atoms with van der Waals surface area (Å²) in [5.74, 6) is 1.71. The molecule has 124 valence electrons. The van der Waals surface area contributed by atoms with Gasteiger partial charge < -0.3 is 10.1 Å². The van der Waals surface area contributed by atoms with Crippen molar-refractivity contribution in [1.29, 1.82) is 0 Å². The van der Waals surface area contributed by atoms with Crippen molar-refractivity contribution in [3.8, 4) is 0 Å². The normalized spacial score (nSPS) is 30.9. The molecule has 0 radical (unpaired) electrons. The van der Waals surface area contributed by atoms with Crippen LogP contribution in [-0.2, 0) is 4.74 Å². The number of hydrogen-bond acceptors (Lipinski definition) is 3. The van der Waals surface area contributed by atoms with E-state index in [-0.39, 0.29) is 0 Å². The predicted molar refractivity (Wildman–Crippen MR) is 89.6 cm³/mol. The second kappa shape index (κ2) is 7.43. The first kappa shape index (κ1) is 17.2. The number of nitrogens with zero attached hydrogens (tertiary/aromatic N) is 1. The molecular weight excluding hydrogens is 260 g/mol. The Balaban J connectivity index is 1.80. The number of nitrogens with one attached hydrogen (secondary N) is 1. The van der Waals surface area contributed by atoms with Gasteiger partial charge >= 0.3 is 0 Å². The van der Waals surface area contributed by atoms with Crippen molar-refractivity contribution in [2.75, 3.05) is 33.9 Å². The van der Waals surface area contributed by atoms with E-state index in [2.05, 4.69) is 45.1 Å². The van der Waals surface area contributed by atoms with Gasteiger partial charge in [0.1, 0.15) is 0 Å². The molecule has 0 heterocycles. The molecule has 2 rings (SSSR count). The molecule has 0 saturated heterocycles. The summed E-state index contributed by atoms with van der Waals surface area (Å²) >= 11 is 0. The topological polar surface area (TPSA) is 24.5 Å². The second-order valence-electron chi connectivity index (χ2n) is 8.34. The zero-order chi connectivity index (χ0) is 15.5. The van der Waals surface area contributed by atoms with Crippen molar-refractivity contribution in [3.63, 3.8) is 0 Å². The fourth-order valence-corrected chi connectivity index (χ4v) is 3.67. The van der Waals surface area contributed by atoms with Crippen LogP contribution < -0.4 is 5.32 Å². The molecule has 3 nitrogen and oxygen atoms in total. The molecular formula is C18H36N2O. The number of rotatable bonds is 7. The molecule has 0 aromatic rings. The summed E-state index contributed by atoms with van der Waals surface area (Å²) < 4.78 is 5.82. The third kappa shape index (κ3) is 5.22. The van der Waals surface area contributed by atoms with Gasteiger partial charge in [-0.2, -0.15) is 0 Å². The van der Waals surface area contributed by atoms with Gasteiger partial charge in [0.05, 0.1) is 6.61 Å². The summed E-state index contributed by atoms with van der Waals surface area (Å²) in [7, 11) is 4.40. The van der Waals surface area contributed by atoms with Crippen molar-refractivity contribution in [2.24, 2.45) is 17.3 Å². The van der Waals surface area contributed by atoms with Crippen molar-refractivity contribution in [3.05, 3.63) is 0 Å². The Kier molecular flexibility index (Phi) is 6.10. The highest BCUT2D eigenvalue weighted by Crippen LogP contribution is 2.39. The van der Waals surface area contributed by atoms with Crippen LogP contribution in [0.4, 0.5) is 0 Å². The summed E-state index contributed by atoms with van der Waals surface area (Å²) in [5.41, 5.74) is 0.431. The lowest BCUT2D eigenvalue weighted by atomic mass is 9.69. The van der Waals surface area contributed by atoms with Gasteiger partial charge in [-0.15, -0.1) is 0 Å². The lowest BCUT2D eigenvalue weighted by Gasteiger charge is -2.45. The van der Waals surface area contributed by atoms with Crippen LogP contribution in [0.25, 0.3) is 0 Å². The zero-order valence-corrected chi connectivity index (χ0v) is 14.8. The number of hydrogen-bond donors (Lipinski definition) is 1. The molecule has 2 aliphatic carbocycles. The van der Waals surface area contributed by atoms with Crippen LogP contribution in [-0.4, -0.2) is 50.8 Å². The minimum absolute atomic E-state index is 0.431. The maximum atomic E-state index is 5.82. The highest BCUT2D eigenvalue weighted by atomic mass is 16.5. The molecule has 0 bridgehead atoms. The lowest BCUT2D eigenvalue weighted by molar-refractivity contribution is 0.0467. The van der Waals surface area contributed by atoms with Crippen molar-refractivity contribution in [2.45, 2.75) is 65.0 Å². The summed E-state index contributed by atoms with van der Waals surface area (Å²) in [4.78, 5) is 2.53. The average Bonchev–Trinajstić information content (AvgIpc) is 3.25. The highest BCUT2D eigenvalue weighted by Gasteiger charge is 2.36. The number of likely N-dealkylation sites (N-methyl/N-ethyl adjacent to an activating group) is 2. The molecule has 3 heteroatoms. The molecule has 3 atom stereocenters. The standard InChI is InChI=1S/C18H36N2O/c1-18(2,3)15-8-9-16(19-4)17(12-15)20(5)10-11-21-13-14-6-7-14/h14-17,19H,6-13H2,1-5H3. The van der Waals surface area contributed by atoms with E-state index in [9.17, 15) is 0 Å². The fourth-order valence-electron chi connectivity index (χ4n) is 3.67. The van der Waals surface area contributed by atoms with E-state index in [0.29, 0.717) is 17.5 Å². The van der Waals surface area contributed by atoms with Gasteiger partial charge in [0.15, 0.2) is 0 Å². The Morgan fingerprint density at radius 2 is 1.86 bits per heavy atom. The Hall–Kier alpha value is -0.120. The Morgan fingerprint density at radius 3 is 2.43 bits per heavy atom. The Morgan fingerprint density at radius 1 is 1.14 bits per heavy atom. The Bertz CT molecular complexity index is 309. The molecule has 0 aromatic heterocycles. The molecule has 2 fully saturated rings. The molecule has 3 unspecified atom stereocenters. The summed E-state index contributed by atoms with van der Waals surface area (Å²) in [6.45, 7) is 10.1. The van der Waals surface area contributed by atoms with Crippen LogP contribution >= 0.6 is 0 Å². The van der Waals surface area contributed by atoms with Gasteiger partial charge in [-0.25, -0.2) is 0 Å². The average molecular weight is 296 g/mol. The summed E-state index contributed by atoms with van der Waals surface area (Å²) in [5, 5.41) is 3.54. The van der Waals surface area contributed by atoms with E-state index < -0.39 is 0 Å². The van der Waals surface area contributed by atoms with Gasteiger partial charge in [-0.1, -0.05) is 20.8 Å². The minimum atomic E-state index is 0.431. The molecule has 0 spiro atoms. The van der Waals surface area contributed by atoms with Crippen molar-refractivity contribution in [1.82, 2.24) is 10.2 Å². The minimum Gasteiger partial charge on any atom is -0.380 e. The predicted octanol–water partition coefficient (Wildman–Crippen LogP) is 3.15. The summed E-state index contributed by atoms with van der Waals surface area (Å²) in [6.07, 6.45) is 6.74. The quantitative estimate of drug-likeness (QED) is 0.730. The van der Waals surface area contributed by atoms with E-state index in [1.165, 1.54) is 32.1 Å². The first-order chi connectivity index (χ1) is 9.91. The second-order valence-corrected chi connectivity index (χ2v) is 8.34. The van der Waals surface area contributed by atoms with Crippen LogP contribution in [0.3, 0.4) is 0 Å². The first-order valence-corrected chi connectivity index (χ1v) is 8.87. The van der Waals surface area contributed by atoms with Crippen LogP contribution in [0.15, 0.2) is 0 Å². The van der Waals surface area contributed by atoms with Gasteiger partial charge in [0.2, 0.25) is 0 Å². The highest BCUT2D eigenvalue weighted by molar-refractivity contribution is 4.93. The molecule has 2 saturated carbocycles. The maximum Gasteiger partial charge on any atom is 0.0593 e. The monoisotopic (exact) mass is 296 g/mol. The van der Waals surface area contributed by atoms with Crippen LogP contribution in [0.2, 0.25) is 0 Å². The SMILES string of the molecule is CNC1CCC(C(C)(C)C)CC1N(C)CCOCC1CC1. The molecule has 2 aliphatic rings. The Labute approximate surface area is 131 Å². The van der Waals surface area contributed by atoms with Gasteiger partial charge in [-0.05, 0) is 63.5 Å². The van der Waals surface area contributed by atoms with E-state index in [1.807, 2.05) is 0 Å². The zero-order valence-electron chi connectivity index (χ0n) is 14.8. The largest absolute Gasteiger partial charge is 0.380 e. The first-order valence-electron chi connectivity index (χ1n) is 8.87. The smallest absolute Gasteiger partial charge is 0.0593 e. The molecule has 21 heavy (non-hydrogen) atoms. The van der Waals surface area contributed by atoms with E-state index >= 15 is 0 Å². The fraction of sp³-hybridized carbons (Fsp3) is 1.00. The van der Waals surface area contributed by atoms with E-state index in [1.54, 1.807) is 0 Å².